The molecule has 2 N–H and O–H groups in total. The number of fused-ring (bicyclic) bond motifs is 1. The monoisotopic (exact) mass is 366 g/mol. The molecule has 27 heavy (non-hydrogen) atoms. The SMILES string of the molecule is NCc1ccc(CN(Cc2ccc3c(c2)OCO3)CC2CCCCC2)cc1. The first-order valence-electron chi connectivity index (χ1n) is 10.2. The van der Waals surface area contributed by atoms with Crippen molar-refractivity contribution in [1.29, 1.82) is 0 Å². The van der Waals surface area contributed by atoms with Crippen LogP contribution < -0.4 is 15.2 Å². The standard InChI is InChI=1S/C23H30N2O2/c24-13-18-6-8-20(9-7-18)15-25(14-19-4-2-1-3-5-19)16-21-10-11-22-23(12-21)27-17-26-22/h6-12,19H,1-5,13-17,24H2. The predicted molar refractivity (Wildman–Crippen MR) is 108 cm³/mol. The van der Waals surface area contributed by atoms with Gasteiger partial charge >= 0.3 is 0 Å². The fourth-order valence-corrected chi connectivity index (χ4v) is 4.26. The van der Waals surface area contributed by atoms with Crippen LogP contribution in [-0.4, -0.2) is 18.2 Å². The van der Waals surface area contributed by atoms with Gasteiger partial charge in [0, 0.05) is 26.2 Å². The molecule has 1 heterocycles. The van der Waals surface area contributed by atoms with Gasteiger partial charge in [0.1, 0.15) is 0 Å². The molecule has 4 nitrogen and oxygen atoms in total. The van der Waals surface area contributed by atoms with Crippen LogP contribution in [0.3, 0.4) is 0 Å². The summed E-state index contributed by atoms with van der Waals surface area (Å²) in [6.07, 6.45) is 6.90. The third kappa shape index (κ3) is 4.82. The molecule has 2 aliphatic rings. The Morgan fingerprint density at radius 2 is 1.48 bits per heavy atom. The summed E-state index contributed by atoms with van der Waals surface area (Å²) in [5, 5.41) is 0. The molecule has 0 bridgehead atoms. The molecule has 0 unspecified atom stereocenters. The van der Waals surface area contributed by atoms with Crippen LogP contribution in [0, 0.1) is 5.92 Å². The highest BCUT2D eigenvalue weighted by atomic mass is 16.7. The van der Waals surface area contributed by atoms with Crippen LogP contribution in [0.2, 0.25) is 0 Å². The first-order valence-corrected chi connectivity index (χ1v) is 10.2. The molecule has 0 amide bonds. The molecule has 0 saturated heterocycles. The lowest BCUT2D eigenvalue weighted by atomic mass is 9.88. The second-order valence-electron chi connectivity index (χ2n) is 7.88. The number of ether oxygens (including phenoxy) is 2. The van der Waals surface area contributed by atoms with Crippen molar-refractivity contribution in [1.82, 2.24) is 4.90 Å². The average molecular weight is 367 g/mol. The third-order valence-electron chi connectivity index (χ3n) is 5.75. The summed E-state index contributed by atoms with van der Waals surface area (Å²) in [5.74, 6) is 2.54. The summed E-state index contributed by atoms with van der Waals surface area (Å²) in [6.45, 7) is 4.00. The van der Waals surface area contributed by atoms with Crippen molar-refractivity contribution < 1.29 is 9.47 Å². The van der Waals surface area contributed by atoms with Crippen molar-refractivity contribution in [2.45, 2.75) is 51.7 Å². The molecule has 0 spiro atoms. The fraction of sp³-hybridized carbons (Fsp3) is 0.478. The van der Waals surface area contributed by atoms with Gasteiger partial charge in [-0.25, -0.2) is 0 Å². The molecule has 1 fully saturated rings. The zero-order chi connectivity index (χ0) is 18.5. The van der Waals surface area contributed by atoms with Gasteiger partial charge in [-0.2, -0.15) is 0 Å². The highest BCUT2D eigenvalue weighted by molar-refractivity contribution is 5.44. The van der Waals surface area contributed by atoms with Crippen LogP contribution in [0.15, 0.2) is 42.5 Å². The number of benzene rings is 2. The Hall–Kier alpha value is -2.04. The smallest absolute Gasteiger partial charge is 0.231 e. The summed E-state index contributed by atoms with van der Waals surface area (Å²) >= 11 is 0. The second-order valence-corrected chi connectivity index (χ2v) is 7.88. The first-order chi connectivity index (χ1) is 13.3. The molecule has 1 saturated carbocycles. The van der Waals surface area contributed by atoms with Gasteiger partial charge in [-0.05, 0) is 47.6 Å². The highest BCUT2D eigenvalue weighted by Gasteiger charge is 2.19. The van der Waals surface area contributed by atoms with Gasteiger partial charge < -0.3 is 15.2 Å². The molecule has 1 aliphatic carbocycles. The van der Waals surface area contributed by atoms with Gasteiger partial charge in [0.15, 0.2) is 11.5 Å². The summed E-state index contributed by atoms with van der Waals surface area (Å²) in [7, 11) is 0. The number of nitrogens with two attached hydrogens (primary N) is 1. The minimum Gasteiger partial charge on any atom is -0.454 e. The topological polar surface area (TPSA) is 47.7 Å². The largest absolute Gasteiger partial charge is 0.454 e. The Bertz CT molecular complexity index is 739. The van der Waals surface area contributed by atoms with Crippen LogP contribution >= 0.6 is 0 Å². The lowest BCUT2D eigenvalue weighted by Gasteiger charge is -2.30. The molecule has 0 radical (unpaired) electrons. The fourth-order valence-electron chi connectivity index (χ4n) is 4.26. The van der Waals surface area contributed by atoms with E-state index in [1.807, 2.05) is 6.07 Å². The lowest BCUT2D eigenvalue weighted by Crippen LogP contribution is -2.30. The summed E-state index contributed by atoms with van der Waals surface area (Å²) in [5.41, 5.74) is 9.56. The van der Waals surface area contributed by atoms with E-state index in [2.05, 4.69) is 41.3 Å². The Morgan fingerprint density at radius 3 is 2.26 bits per heavy atom. The van der Waals surface area contributed by atoms with Crippen LogP contribution in [0.25, 0.3) is 0 Å². The van der Waals surface area contributed by atoms with E-state index in [0.29, 0.717) is 13.3 Å². The van der Waals surface area contributed by atoms with E-state index in [1.165, 1.54) is 48.8 Å². The van der Waals surface area contributed by atoms with Crippen LogP contribution in [0.4, 0.5) is 0 Å². The zero-order valence-corrected chi connectivity index (χ0v) is 16.0. The first kappa shape index (κ1) is 18.3. The van der Waals surface area contributed by atoms with Crippen molar-refractivity contribution in [3.63, 3.8) is 0 Å². The normalized spacial score (nSPS) is 16.8. The minimum atomic E-state index is 0.331. The van der Waals surface area contributed by atoms with E-state index in [9.17, 15) is 0 Å². The molecule has 4 rings (SSSR count). The number of rotatable bonds is 7. The summed E-state index contributed by atoms with van der Waals surface area (Å²) in [6, 6.07) is 15.1. The Kier molecular flexibility index (Phi) is 5.95. The molecule has 0 aromatic heterocycles. The van der Waals surface area contributed by atoms with Gasteiger partial charge in [0.2, 0.25) is 6.79 Å². The lowest BCUT2D eigenvalue weighted by molar-refractivity contribution is 0.173. The van der Waals surface area contributed by atoms with Crippen molar-refractivity contribution >= 4 is 0 Å². The highest BCUT2D eigenvalue weighted by Crippen LogP contribution is 2.33. The molecule has 2 aromatic rings. The Labute approximate surface area is 162 Å². The summed E-state index contributed by atoms with van der Waals surface area (Å²) in [4.78, 5) is 2.59. The van der Waals surface area contributed by atoms with E-state index < -0.39 is 0 Å². The molecule has 4 heteroatoms. The minimum absolute atomic E-state index is 0.331. The Morgan fingerprint density at radius 1 is 0.815 bits per heavy atom. The van der Waals surface area contributed by atoms with Gasteiger partial charge in [0.05, 0.1) is 0 Å². The molecule has 0 atom stereocenters. The second kappa shape index (κ2) is 8.77. The van der Waals surface area contributed by atoms with Crippen LogP contribution in [-0.2, 0) is 19.6 Å². The van der Waals surface area contributed by atoms with Gasteiger partial charge in [0.25, 0.3) is 0 Å². The molecular formula is C23H30N2O2. The van der Waals surface area contributed by atoms with Crippen LogP contribution in [0.5, 0.6) is 11.5 Å². The predicted octanol–water partition coefficient (Wildman–Crippen LogP) is 4.46. The summed E-state index contributed by atoms with van der Waals surface area (Å²) < 4.78 is 11.0. The van der Waals surface area contributed by atoms with Gasteiger partial charge in [-0.15, -0.1) is 0 Å². The average Bonchev–Trinajstić information content (AvgIpc) is 3.17. The van der Waals surface area contributed by atoms with Gasteiger partial charge in [-0.3, -0.25) is 4.90 Å². The van der Waals surface area contributed by atoms with E-state index in [0.717, 1.165) is 37.1 Å². The van der Waals surface area contributed by atoms with E-state index in [4.69, 9.17) is 15.2 Å². The molecule has 1 aliphatic heterocycles. The number of nitrogens with zero attached hydrogens (tertiary/aromatic N) is 1. The van der Waals surface area contributed by atoms with Crippen molar-refractivity contribution in [3.05, 3.63) is 59.2 Å². The number of hydrogen-bond donors (Lipinski definition) is 1. The van der Waals surface area contributed by atoms with Crippen LogP contribution in [0.1, 0.15) is 48.8 Å². The van der Waals surface area contributed by atoms with Crippen molar-refractivity contribution in [2.24, 2.45) is 11.7 Å². The van der Waals surface area contributed by atoms with E-state index in [1.54, 1.807) is 0 Å². The molecule has 144 valence electrons. The maximum absolute atomic E-state index is 5.74. The Balaban J connectivity index is 1.47. The van der Waals surface area contributed by atoms with E-state index >= 15 is 0 Å². The number of hydrogen-bond acceptors (Lipinski definition) is 4. The van der Waals surface area contributed by atoms with Crippen molar-refractivity contribution in [3.8, 4) is 11.5 Å². The third-order valence-corrected chi connectivity index (χ3v) is 5.75. The maximum atomic E-state index is 5.74. The quantitative estimate of drug-likeness (QED) is 0.786. The molecular weight excluding hydrogens is 336 g/mol. The molecule has 2 aromatic carbocycles. The van der Waals surface area contributed by atoms with Crippen molar-refractivity contribution in [2.75, 3.05) is 13.3 Å². The van der Waals surface area contributed by atoms with E-state index in [-0.39, 0.29) is 0 Å². The van der Waals surface area contributed by atoms with Gasteiger partial charge in [-0.1, -0.05) is 49.6 Å². The maximum Gasteiger partial charge on any atom is 0.231 e. The zero-order valence-electron chi connectivity index (χ0n) is 16.0.